The Morgan fingerprint density at radius 1 is 1.11 bits per heavy atom. The quantitative estimate of drug-likeness (QED) is 0.360. The van der Waals surface area contributed by atoms with Crippen LogP contribution >= 0.6 is 15.9 Å². The summed E-state index contributed by atoms with van der Waals surface area (Å²) in [6.45, 7) is 8.10. The Bertz CT molecular complexity index is 1050. The highest BCUT2D eigenvalue weighted by Gasteiger charge is 2.29. The predicted molar refractivity (Wildman–Crippen MR) is 159 cm³/mol. The molecule has 38 heavy (non-hydrogen) atoms. The molecule has 4 rings (SSSR count). The second-order valence-corrected chi connectivity index (χ2v) is 10.9. The molecule has 1 amide bonds. The van der Waals surface area contributed by atoms with E-state index in [-0.39, 0.29) is 23.7 Å². The van der Waals surface area contributed by atoms with Crippen LogP contribution in [0.15, 0.2) is 53.0 Å². The molecule has 2 aromatic carbocycles. The molecule has 0 radical (unpaired) electrons. The molecule has 0 bridgehead atoms. The van der Waals surface area contributed by atoms with E-state index >= 15 is 0 Å². The van der Waals surface area contributed by atoms with Gasteiger partial charge in [0.15, 0.2) is 0 Å². The number of carbonyl (C=O) groups is 1. The highest BCUT2D eigenvalue weighted by molar-refractivity contribution is 9.10. The lowest BCUT2D eigenvalue weighted by Gasteiger charge is -2.38. The molecular formula is C31H43BrFN3O2. The number of rotatable bonds is 8. The molecule has 0 aromatic heterocycles. The Morgan fingerprint density at radius 2 is 1.79 bits per heavy atom. The van der Waals surface area contributed by atoms with E-state index in [4.69, 9.17) is 0 Å². The van der Waals surface area contributed by atoms with Crippen molar-refractivity contribution in [3.05, 3.63) is 70.0 Å². The van der Waals surface area contributed by atoms with Crippen molar-refractivity contribution in [1.29, 1.82) is 0 Å². The van der Waals surface area contributed by atoms with Gasteiger partial charge in [-0.05, 0) is 108 Å². The third-order valence-electron chi connectivity index (χ3n) is 7.71. The summed E-state index contributed by atoms with van der Waals surface area (Å²) in [5.41, 5.74) is 3.39. The van der Waals surface area contributed by atoms with Gasteiger partial charge < -0.3 is 20.2 Å². The largest absolute Gasteiger partial charge is 0.392 e. The first kappa shape index (κ1) is 30.3. The lowest BCUT2D eigenvalue weighted by Crippen LogP contribution is -2.45. The molecule has 0 saturated carbocycles. The summed E-state index contributed by atoms with van der Waals surface area (Å²) in [4.78, 5) is 16.8. The number of aliphatic hydroxyl groups is 1. The van der Waals surface area contributed by atoms with Crippen molar-refractivity contribution in [2.75, 3.05) is 45.1 Å². The molecule has 2 aliphatic heterocycles. The van der Waals surface area contributed by atoms with Crippen LogP contribution in [0.1, 0.15) is 50.7 Å². The lowest BCUT2D eigenvalue weighted by atomic mass is 9.88. The van der Waals surface area contributed by atoms with E-state index in [1.165, 1.54) is 17.3 Å². The monoisotopic (exact) mass is 587 g/mol. The molecule has 1 unspecified atom stereocenters. The fourth-order valence-corrected chi connectivity index (χ4v) is 5.83. The number of halogens is 2. The Labute approximate surface area is 236 Å². The fourth-order valence-electron chi connectivity index (χ4n) is 5.43. The van der Waals surface area contributed by atoms with Gasteiger partial charge in [0.2, 0.25) is 5.91 Å². The number of benzene rings is 2. The second-order valence-electron chi connectivity index (χ2n) is 10.1. The van der Waals surface area contributed by atoms with E-state index in [1.54, 1.807) is 24.3 Å². The molecule has 7 heteroatoms. The van der Waals surface area contributed by atoms with Gasteiger partial charge >= 0.3 is 0 Å². The molecular weight excluding hydrogens is 545 g/mol. The van der Waals surface area contributed by atoms with Crippen molar-refractivity contribution in [1.82, 2.24) is 9.80 Å². The van der Waals surface area contributed by atoms with Crippen LogP contribution in [0.25, 0.3) is 6.08 Å². The first-order chi connectivity index (χ1) is 18.4. The minimum atomic E-state index is -0.351. The molecule has 2 fully saturated rings. The van der Waals surface area contributed by atoms with Gasteiger partial charge in [0.05, 0.1) is 10.6 Å². The summed E-state index contributed by atoms with van der Waals surface area (Å²) >= 11 is 3.17. The average Bonchev–Trinajstić information content (AvgIpc) is 2.96. The molecule has 2 aromatic rings. The summed E-state index contributed by atoms with van der Waals surface area (Å²) in [5, 5.41) is 14.2. The van der Waals surface area contributed by atoms with Crippen LogP contribution in [0.5, 0.6) is 0 Å². The van der Waals surface area contributed by atoms with Crippen LogP contribution < -0.4 is 5.32 Å². The number of nitrogens with one attached hydrogen (secondary N) is 1. The molecule has 0 spiro atoms. The molecule has 2 heterocycles. The van der Waals surface area contributed by atoms with E-state index in [2.05, 4.69) is 50.4 Å². The SMILES string of the molecule is CC.CNc1ccccc1CC1CCN(CC(O)C2CCN(C(=O)/C=C/c3ccc(F)c(Br)c3)CC2)CC1. The van der Waals surface area contributed by atoms with Crippen LogP contribution in [0, 0.1) is 17.7 Å². The molecule has 1 atom stereocenters. The number of para-hydroxylation sites is 1. The van der Waals surface area contributed by atoms with Gasteiger partial charge in [-0.2, -0.15) is 0 Å². The zero-order valence-corrected chi connectivity index (χ0v) is 24.6. The van der Waals surface area contributed by atoms with Gasteiger partial charge in [-0.3, -0.25) is 4.79 Å². The predicted octanol–water partition coefficient (Wildman–Crippen LogP) is 6.22. The van der Waals surface area contributed by atoms with Crippen LogP contribution in [0.4, 0.5) is 10.1 Å². The topological polar surface area (TPSA) is 55.8 Å². The summed E-state index contributed by atoms with van der Waals surface area (Å²) in [5.74, 6) is 0.557. The number of hydrogen-bond acceptors (Lipinski definition) is 4. The molecule has 208 valence electrons. The van der Waals surface area contributed by atoms with E-state index in [0.717, 1.165) is 57.3 Å². The Hall–Kier alpha value is -2.22. The Kier molecular flexibility index (Phi) is 12.3. The molecule has 0 aliphatic carbocycles. The molecule has 2 aliphatic rings. The van der Waals surface area contributed by atoms with Crippen LogP contribution in [0.2, 0.25) is 0 Å². The number of β-amino-alcohol motifs (C(OH)–C–C–N with tert-alkyl or cyclic N) is 1. The van der Waals surface area contributed by atoms with E-state index in [9.17, 15) is 14.3 Å². The van der Waals surface area contributed by atoms with Crippen LogP contribution in [0.3, 0.4) is 0 Å². The highest BCUT2D eigenvalue weighted by Crippen LogP contribution is 2.27. The number of amides is 1. The van der Waals surface area contributed by atoms with Gasteiger partial charge in [0.25, 0.3) is 0 Å². The first-order valence-electron chi connectivity index (χ1n) is 14.0. The number of anilines is 1. The summed E-state index contributed by atoms with van der Waals surface area (Å²) in [6.07, 6.45) is 7.98. The number of nitrogens with zero attached hydrogens (tertiary/aromatic N) is 2. The number of hydrogen-bond donors (Lipinski definition) is 2. The van der Waals surface area contributed by atoms with Crippen LogP contribution in [-0.2, 0) is 11.2 Å². The van der Waals surface area contributed by atoms with Crippen molar-refractivity contribution in [3.63, 3.8) is 0 Å². The zero-order valence-electron chi connectivity index (χ0n) is 23.0. The summed E-state index contributed by atoms with van der Waals surface area (Å²) < 4.78 is 13.8. The zero-order chi connectivity index (χ0) is 27.5. The Balaban J connectivity index is 0.00000195. The van der Waals surface area contributed by atoms with Gasteiger partial charge in [0.1, 0.15) is 5.82 Å². The van der Waals surface area contributed by atoms with Gasteiger partial charge in [-0.1, -0.05) is 38.1 Å². The lowest BCUT2D eigenvalue weighted by molar-refractivity contribution is -0.128. The van der Waals surface area contributed by atoms with Crippen molar-refractivity contribution < 1.29 is 14.3 Å². The number of piperidine rings is 2. The van der Waals surface area contributed by atoms with E-state index in [1.807, 2.05) is 25.8 Å². The fraction of sp³-hybridized carbons (Fsp3) is 0.516. The van der Waals surface area contributed by atoms with Gasteiger partial charge in [-0.25, -0.2) is 4.39 Å². The number of likely N-dealkylation sites (tertiary alicyclic amines) is 2. The first-order valence-corrected chi connectivity index (χ1v) is 14.8. The average molecular weight is 589 g/mol. The minimum absolute atomic E-state index is 0.0368. The Morgan fingerprint density at radius 3 is 2.45 bits per heavy atom. The smallest absolute Gasteiger partial charge is 0.246 e. The second kappa shape index (κ2) is 15.4. The maximum Gasteiger partial charge on any atom is 0.246 e. The van der Waals surface area contributed by atoms with E-state index in [0.29, 0.717) is 23.5 Å². The highest BCUT2D eigenvalue weighted by atomic mass is 79.9. The minimum Gasteiger partial charge on any atom is -0.392 e. The van der Waals surface area contributed by atoms with Gasteiger partial charge in [-0.15, -0.1) is 0 Å². The number of aliphatic hydroxyl groups excluding tert-OH is 1. The van der Waals surface area contributed by atoms with Crippen molar-refractivity contribution in [2.45, 2.75) is 52.1 Å². The third-order valence-corrected chi connectivity index (χ3v) is 8.31. The summed E-state index contributed by atoms with van der Waals surface area (Å²) in [6, 6.07) is 13.2. The molecule has 2 saturated heterocycles. The van der Waals surface area contributed by atoms with Gasteiger partial charge in [0, 0.05) is 38.4 Å². The van der Waals surface area contributed by atoms with Crippen LogP contribution in [-0.4, -0.2) is 66.7 Å². The molecule has 2 N–H and O–H groups in total. The van der Waals surface area contributed by atoms with Crippen molar-refractivity contribution in [2.24, 2.45) is 11.8 Å². The molecule has 5 nitrogen and oxygen atoms in total. The summed E-state index contributed by atoms with van der Waals surface area (Å²) in [7, 11) is 1.98. The van der Waals surface area contributed by atoms with E-state index < -0.39 is 0 Å². The van der Waals surface area contributed by atoms with Crippen molar-refractivity contribution >= 4 is 33.6 Å². The maximum atomic E-state index is 13.4. The van der Waals surface area contributed by atoms with Crippen molar-refractivity contribution in [3.8, 4) is 0 Å². The number of carbonyl (C=O) groups excluding carboxylic acids is 1. The third kappa shape index (κ3) is 8.65. The standard InChI is InChI=1S/C29H37BrFN3O2.C2H6/c1-32-27-5-3-2-4-24(27)18-22-10-14-33(15-11-22)20-28(35)23-12-16-34(17-13-23)29(36)9-7-21-6-8-26(31)25(30)19-21;1-2/h2-9,19,22-23,28,32,35H,10-18,20H2,1H3;1-2H3/b9-7+;. The maximum absolute atomic E-state index is 13.4. The normalized spacial score (nSPS) is 18.2.